The largest absolute Gasteiger partial charge is 0.481 e. The van der Waals surface area contributed by atoms with Crippen LogP contribution >= 0.6 is 0 Å². The minimum atomic E-state index is -1.50. The van der Waals surface area contributed by atoms with Crippen LogP contribution in [0.5, 0.6) is 0 Å². The van der Waals surface area contributed by atoms with Crippen molar-refractivity contribution in [1.29, 1.82) is 0 Å². The molecule has 0 fully saturated rings. The first kappa shape index (κ1) is 15.5. The van der Waals surface area contributed by atoms with Gasteiger partial charge < -0.3 is 15.5 Å². The molecule has 0 aromatic heterocycles. The van der Waals surface area contributed by atoms with Crippen LogP contribution in [0.15, 0.2) is 18.2 Å². The van der Waals surface area contributed by atoms with Gasteiger partial charge in [0.05, 0.1) is 5.56 Å². The topological polar surface area (TPSA) is 104 Å². The number of carbonyl (C=O) groups is 3. The van der Waals surface area contributed by atoms with Gasteiger partial charge in [-0.2, -0.15) is 0 Å². The third-order valence-electron chi connectivity index (χ3n) is 2.42. The maximum atomic E-state index is 13.3. The smallest absolute Gasteiger partial charge is 0.326 e. The molecule has 0 heterocycles. The second kappa shape index (κ2) is 6.60. The van der Waals surface area contributed by atoms with Crippen LogP contribution < -0.4 is 5.32 Å². The average Bonchev–Trinajstić information content (AvgIpc) is 2.36. The number of hydrogen-bond donors (Lipinski definition) is 3. The first-order valence-corrected chi connectivity index (χ1v) is 5.51. The molecule has 8 heteroatoms. The van der Waals surface area contributed by atoms with Gasteiger partial charge in [0.25, 0.3) is 5.91 Å². The number of amides is 1. The molecule has 6 nitrogen and oxygen atoms in total. The second-order valence-corrected chi connectivity index (χ2v) is 3.92. The van der Waals surface area contributed by atoms with Crippen LogP contribution in [-0.4, -0.2) is 34.1 Å². The number of aliphatic carboxylic acids is 2. The molecule has 0 radical (unpaired) electrons. The lowest BCUT2D eigenvalue weighted by Gasteiger charge is -2.13. The van der Waals surface area contributed by atoms with E-state index in [1.54, 1.807) is 0 Å². The van der Waals surface area contributed by atoms with Crippen LogP contribution in [-0.2, 0) is 9.59 Å². The Morgan fingerprint density at radius 3 is 2.40 bits per heavy atom. The van der Waals surface area contributed by atoms with Crippen LogP contribution in [0.1, 0.15) is 23.2 Å². The zero-order valence-electron chi connectivity index (χ0n) is 10.1. The zero-order valence-corrected chi connectivity index (χ0v) is 10.1. The minimum Gasteiger partial charge on any atom is -0.481 e. The Hall–Kier alpha value is -2.51. The Labute approximate surface area is 112 Å². The molecule has 1 rings (SSSR count). The van der Waals surface area contributed by atoms with Gasteiger partial charge in [0, 0.05) is 6.42 Å². The number of carboxylic acids is 2. The third kappa shape index (κ3) is 4.30. The van der Waals surface area contributed by atoms with E-state index in [0.717, 1.165) is 12.1 Å². The van der Waals surface area contributed by atoms with Crippen LogP contribution in [0.4, 0.5) is 8.78 Å². The molecule has 0 saturated heterocycles. The van der Waals surface area contributed by atoms with Crippen LogP contribution in [0.2, 0.25) is 0 Å². The molecule has 0 saturated carbocycles. The number of nitrogens with one attached hydrogen (secondary N) is 1. The summed E-state index contributed by atoms with van der Waals surface area (Å²) >= 11 is 0. The summed E-state index contributed by atoms with van der Waals surface area (Å²) in [7, 11) is 0. The third-order valence-corrected chi connectivity index (χ3v) is 2.42. The molecule has 1 atom stereocenters. The Morgan fingerprint density at radius 2 is 1.85 bits per heavy atom. The summed E-state index contributed by atoms with van der Waals surface area (Å²) < 4.78 is 26.2. The van der Waals surface area contributed by atoms with Gasteiger partial charge in [-0.05, 0) is 24.6 Å². The van der Waals surface area contributed by atoms with E-state index in [-0.39, 0.29) is 6.42 Å². The van der Waals surface area contributed by atoms with Gasteiger partial charge in [-0.25, -0.2) is 13.6 Å². The molecule has 3 N–H and O–H groups in total. The highest BCUT2D eigenvalue weighted by atomic mass is 19.1. The van der Waals surface area contributed by atoms with Gasteiger partial charge in [0.15, 0.2) is 0 Å². The molecule has 1 amide bonds. The van der Waals surface area contributed by atoms with E-state index in [9.17, 15) is 23.2 Å². The van der Waals surface area contributed by atoms with Crippen molar-refractivity contribution in [3.8, 4) is 0 Å². The first-order valence-electron chi connectivity index (χ1n) is 5.51. The van der Waals surface area contributed by atoms with E-state index in [0.29, 0.717) is 6.07 Å². The summed E-state index contributed by atoms with van der Waals surface area (Å²) in [5.41, 5.74) is -0.647. The molecule has 0 bridgehead atoms. The highest BCUT2D eigenvalue weighted by molar-refractivity contribution is 5.96. The maximum Gasteiger partial charge on any atom is 0.326 e. The average molecular weight is 287 g/mol. The zero-order chi connectivity index (χ0) is 15.3. The molecule has 0 spiro atoms. The van der Waals surface area contributed by atoms with Gasteiger partial charge in [-0.3, -0.25) is 9.59 Å². The Morgan fingerprint density at radius 1 is 1.20 bits per heavy atom. The highest BCUT2D eigenvalue weighted by Gasteiger charge is 2.23. The first-order chi connectivity index (χ1) is 9.31. The van der Waals surface area contributed by atoms with Crippen molar-refractivity contribution < 1.29 is 33.4 Å². The quantitative estimate of drug-likeness (QED) is 0.724. The molecule has 0 aliphatic rings. The van der Waals surface area contributed by atoms with Crippen molar-refractivity contribution in [2.24, 2.45) is 0 Å². The molecule has 20 heavy (non-hydrogen) atoms. The lowest BCUT2D eigenvalue weighted by molar-refractivity contribution is -0.140. The van der Waals surface area contributed by atoms with Gasteiger partial charge in [-0.15, -0.1) is 0 Å². The number of carboxylic acid groups (broad SMARTS) is 2. The van der Waals surface area contributed by atoms with Gasteiger partial charge in [0.2, 0.25) is 0 Å². The van der Waals surface area contributed by atoms with Gasteiger partial charge >= 0.3 is 11.9 Å². The normalized spacial score (nSPS) is 11.7. The SMILES string of the molecule is O=C(O)CCC(NC(=O)c1cc(F)ccc1F)C(=O)O. The van der Waals surface area contributed by atoms with Crippen LogP contribution in [0.3, 0.4) is 0 Å². The molecule has 108 valence electrons. The van der Waals surface area contributed by atoms with E-state index < -0.39 is 47.5 Å². The maximum absolute atomic E-state index is 13.3. The lowest BCUT2D eigenvalue weighted by Crippen LogP contribution is -2.41. The summed E-state index contributed by atoms with van der Waals surface area (Å²) in [4.78, 5) is 32.9. The molecule has 1 aromatic carbocycles. The van der Waals surface area contributed by atoms with Gasteiger partial charge in [0.1, 0.15) is 17.7 Å². The van der Waals surface area contributed by atoms with E-state index >= 15 is 0 Å². The van der Waals surface area contributed by atoms with Crippen LogP contribution in [0, 0.1) is 11.6 Å². The fourth-order valence-electron chi connectivity index (χ4n) is 1.43. The van der Waals surface area contributed by atoms with Crippen molar-refractivity contribution >= 4 is 17.8 Å². The Bertz CT molecular complexity index is 547. The van der Waals surface area contributed by atoms with E-state index in [2.05, 4.69) is 0 Å². The summed E-state index contributed by atoms with van der Waals surface area (Å²) in [5.74, 6) is -5.68. The van der Waals surface area contributed by atoms with E-state index in [1.165, 1.54) is 0 Å². The number of carbonyl (C=O) groups excluding carboxylic acids is 1. The standard InChI is InChI=1S/C12H11F2NO5/c13-6-1-2-8(14)7(5-6)11(18)15-9(12(19)20)3-4-10(16)17/h1-2,5,9H,3-4H2,(H,15,18)(H,16,17)(H,19,20). The molecular weight excluding hydrogens is 276 g/mol. The fourth-order valence-corrected chi connectivity index (χ4v) is 1.43. The predicted octanol–water partition coefficient (Wildman–Crippen LogP) is 1.01. The monoisotopic (exact) mass is 287 g/mol. The Balaban J connectivity index is 2.82. The van der Waals surface area contributed by atoms with E-state index in [4.69, 9.17) is 10.2 Å². The van der Waals surface area contributed by atoms with Gasteiger partial charge in [-0.1, -0.05) is 0 Å². The summed E-state index contributed by atoms with van der Waals surface area (Å²) in [5, 5.41) is 19.2. The number of halogens is 2. The van der Waals surface area contributed by atoms with Crippen molar-refractivity contribution in [3.63, 3.8) is 0 Å². The second-order valence-electron chi connectivity index (χ2n) is 3.92. The van der Waals surface area contributed by atoms with E-state index in [1.807, 2.05) is 5.32 Å². The predicted molar refractivity (Wildman–Crippen MR) is 62.1 cm³/mol. The van der Waals surface area contributed by atoms with Crippen LogP contribution in [0.25, 0.3) is 0 Å². The van der Waals surface area contributed by atoms with Crippen molar-refractivity contribution in [2.75, 3.05) is 0 Å². The minimum absolute atomic E-state index is 0.368. The van der Waals surface area contributed by atoms with Crippen molar-refractivity contribution in [2.45, 2.75) is 18.9 Å². The molecule has 1 unspecified atom stereocenters. The number of rotatable bonds is 6. The highest BCUT2D eigenvalue weighted by Crippen LogP contribution is 2.10. The fraction of sp³-hybridized carbons (Fsp3) is 0.250. The van der Waals surface area contributed by atoms with Crippen molar-refractivity contribution in [3.05, 3.63) is 35.4 Å². The summed E-state index contributed by atoms with van der Waals surface area (Å²) in [6, 6.07) is 0.671. The summed E-state index contributed by atoms with van der Waals surface area (Å²) in [6.45, 7) is 0. The Kier molecular flexibility index (Phi) is 5.13. The molecule has 1 aromatic rings. The van der Waals surface area contributed by atoms with Crippen molar-refractivity contribution in [1.82, 2.24) is 5.32 Å². The summed E-state index contributed by atoms with van der Waals surface area (Å²) in [6.07, 6.45) is -0.851. The molecule has 0 aliphatic carbocycles. The number of hydrogen-bond acceptors (Lipinski definition) is 3. The lowest BCUT2D eigenvalue weighted by atomic mass is 10.1. The molecule has 0 aliphatic heterocycles. The number of benzene rings is 1. The molecular formula is C12H11F2NO5.